The van der Waals surface area contributed by atoms with Gasteiger partial charge < -0.3 is 9.64 Å². The number of benzene rings is 1. The number of rotatable bonds is 8. The van der Waals surface area contributed by atoms with E-state index < -0.39 is 10.7 Å². The second-order valence-corrected chi connectivity index (χ2v) is 6.64. The molecule has 0 unspecified atom stereocenters. The third-order valence-electron chi connectivity index (χ3n) is 4.46. The molecule has 30 heavy (non-hydrogen) atoms. The largest absolute Gasteiger partial charge is 0.464 e. The molecule has 0 aliphatic rings. The summed E-state index contributed by atoms with van der Waals surface area (Å²) < 4.78 is 21.8. The molecule has 158 valence electrons. The molecule has 0 aliphatic heterocycles. The predicted octanol–water partition coefficient (Wildman–Crippen LogP) is 2.76. The Labute approximate surface area is 171 Å². The molecule has 0 atom stereocenters. The van der Waals surface area contributed by atoms with Crippen molar-refractivity contribution in [2.45, 2.75) is 33.7 Å². The topological polar surface area (TPSA) is 108 Å². The van der Waals surface area contributed by atoms with Crippen molar-refractivity contribution in [3.63, 3.8) is 0 Å². The Hall–Kier alpha value is -3.76. The Morgan fingerprint density at radius 2 is 2.07 bits per heavy atom. The lowest BCUT2D eigenvalue weighted by molar-refractivity contribution is -0.386. The zero-order valence-corrected chi connectivity index (χ0v) is 16.8. The maximum Gasteiger partial charge on any atom is 0.311 e. The molecule has 3 aromatic rings. The SMILES string of the molecule is CCn1cc(CN(C)C(=O)c2ccn(COc3cc(F)ccc3[N+](=O)[O-])n2)c(C)n1. The molecule has 0 bridgehead atoms. The van der Waals surface area contributed by atoms with Gasteiger partial charge in [0.25, 0.3) is 5.91 Å². The maximum atomic E-state index is 13.4. The number of nitrogens with zero attached hydrogens (tertiary/aromatic N) is 6. The molecule has 0 saturated carbocycles. The van der Waals surface area contributed by atoms with Gasteiger partial charge in [0, 0.05) is 50.2 Å². The third-order valence-corrected chi connectivity index (χ3v) is 4.46. The summed E-state index contributed by atoms with van der Waals surface area (Å²) in [7, 11) is 1.66. The van der Waals surface area contributed by atoms with Crippen molar-refractivity contribution in [2.75, 3.05) is 7.05 Å². The molecule has 2 aromatic heterocycles. The Morgan fingerprint density at radius 1 is 1.30 bits per heavy atom. The minimum atomic E-state index is -0.662. The van der Waals surface area contributed by atoms with Crippen LogP contribution in [0, 0.1) is 22.9 Å². The van der Waals surface area contributed by atoms with E-state index in [9.17, 15) is 19.3 Å². The number of hydrogen-bond donors (Lipinski definition) is 0. The highest BCUT2D eigenvalue weighted by Gasteiger charge is 2.19. The van der Waals surface area contributed by atoms with E-state index in [1.165, 1.54) is 21.8 Å². The molecule has 2 heterocycles. The molecule has 0 spiro atoms. The zero-order valence-electron chi connectivity index (χ0n) is 16.8. The van der Waals surface area contributed by atoms with E-state index >= 15 is 0 Å². The summed E-state index contributed by atoms with van der Waals surface area (Å²) in [6.07, 6.45) is 3.41. The Kier molecular flexibility index (Phi) is 6.09. The average Bonchev–Trinajstić information content (AvgIpc) is 3.32. The van der Waals surface area contributed by atoms with Gasteiger partial charge in [-0.3, -0.25) is 19.6 Å². The van der Waals surface area contributed by atoms with Crippen molar-refractivity contribution in [1.29, 1.82) is 0 Å². The smallest absolute Gasteiger partial charge is 0.311 e. The fourth-order valence-electron chi connectivity index (χ4n) is 2.84. The van der Waals surface area contributed by atoms with Crippen LogP contribution in [0.4, 0.5) is 10.1 Å². The van der Waals surface area contributed by atoms with Crippen LogP contribution in [0.25, 0.3) is 0 Å². The first-order valence-corrected chi connectivity index (χ1v) is 9.17. The number of aromatic nitrogens is 4. The van der Waals surface area contributed by atoms with Crippen LogP contribution in [0.5, 0.6) is 5.75 Å². The monoisotopic (exact) mass is 416 g/mol. The summed E-state index contributed by atoms with van der Waals surface area (Å²) in [5.74, 6) is -1.17. The van der Waals surface area contributed by atoms with Gasteiger partial charge in [0.2, 0.25) is 5.75 Å². The van der Waals surface area contributed by atoms with Crippen molar-refractivity contribution in [3.8, 4) is 5.75 Å². The van der Waals surface area contributed by atoms with E-state index in [-0.39, 0.29) is 29.8 Å². The van der Waals surface area contributed by atoms with Crippen LogP contribution in [0.15, 0.2) is 36.7 Å². The Morgan fingerprint density at radius 3 is 2.73 bits per heavy atom. The molecular weight excluding hydrogens is 395 g/mol. The molecule has 1 amide bonds. The number of amides is 1. The van der Waals surface area contributed by atoms with Gasteiger partial charge in [-0.25, -0.2) is 9.07 Å². The molecule has 0 radical (unpaired) electrons. The van der Waals surface area contributed by atoms with E-state index in [0.29, 0.717) is 6.54 Å². The van der Waals surface area contributed by atoms with Crippen molar-refractivity contribution < 1.29 is 18.8 Å². The van der Waals surface area contributed by atoms with Gasteiger partial charge >= 0.3 is 5.69 Å². The normalized spacial score (nSPS) is 10.8. The maximum absolute atomic E-state index is 13.4. The van der Waals surface area contributed by atoms with Gasteiger partial charge in [0.15, 0.2) is 12.4 Å². The number of ether oxygens (including phenoxy) is 1. The standard InChI is InChI=1S/C19H21FN6O4/c1-4-24-11-14(13(2)21-24)10-23(3)19(27)16-7-8-25(22-16)12-30-18-9-15(20)5-6-17(18)26(28)29/h5-9,11H,4,10,12H2,1-3H3. The first-order chi connectivity index (χ1) is 14.3. The fraction of sp³-hybridized carbons (Fsp3) is 0.316. The number of aryl methyl sites for hydroxylation is 2. The zero-order chi connectivity index (χ0) is 21.8. The molecule has 11 heteroatoms. The molecule has 10 nitrogen and oxygen atoms in total. The molecule has 0 N–H and O–H groups in total. The minimum Gasteiger partial charge on any atom is -0.464 e. The predicted molar refractivity (Wildman–Crippen MR) is 104 cm³/mol. The van der Waals surface area contributed by atoms with Crippen LogP contribution in [0.3, 0.4) is 0 Å². The molecule has 0 fully saturated rings. The second-order valence-electron chi connectivity index (χ2n) is 6.64. The number of carbonyl (C=O) groups excluding carboxylic acids is 1. The molecule has 1 aromatic carbocycles. The summed E-state index contributed by atoms with van der Waals surface area (Å²) in [5, 5.41) is 19.5. The van der Waals surface area contributed by atoms with Crippen molar-refractivity contribution in [2.24, 2.45) is 0 Å². The summed E-state index contributed by atoms with van der Waals surface area (Å²) in [4.78, 5) is 24.5. The molecule has 0 aliphatic carbocycles. The van der Waals surface area contributed by atoms with Crippen molar-refractivity contribution >= 4 is 11.6 Å². The average molecular weight is 416 g/mol. The number of hydrogen-bond acceptors (Lipinski definition) is 6. The molecular formula is C19H21FN6O4. The van der Waals surface area contributed by atoms with Gasteiger partial charge in [-0.1, -0.05) is 0 Å². The van der Waals surface area contributed by atoms with E-state index in [4.69, 9.17) is 4.74 Å². The number of nitro groups is 1. The van der Waals surface area contributed by atoms with Crippen LogP contribution in [-0.2, 0) is 19.8 Å². The lowest BCUT2D eigenvalue weighted by Crippen LogP contribution is -2.27. The lowest BCUT2D eigenvalue weighted by atomic mass is 10.2. The molecule has 3 rings (SSSR count). The highest BCUT2D eigenvalue weighted by Crippen LogP contribution is 2.27. The van der Waals surface area contributed by atoms with E-state index in [1.54, 1.807) is 11.7 Å². The summed E-state index contributed by atoms with van der Waals surface area (Å²) >= 11 is 0. The van der Waals surface area contributed by atoms with Crippen LogP contribution in [0.1, 0.15) is 28.7 Å². The third kappa shape index (κ3) is 4.62. The lowest BCUT2D eigenvalue weighted by Gasteiger charge is -2.15. The van der Waals surface area contributed by atoms with Crippen molar-refractivity contribution in [1.82, 2.24) is 24.5 Å². The number of nitro benzene ring substituents is 1. The number of carbonyl (C=O) groups is 1. The first-order valence-electron chi connectivity index (χ1n) is 9.17. The van der Waals surface area contributed by atoms with Gasteiger partial charge in [0.1, 0.15) is 5.82 Å². The second kappa shape index (κ2) is 8.72. The van der Waals surface area contributed by atoms with E-state index in [2.05, 4.69) is 10.2 Å². The van der Waals surface area contributed by atoms with Gasteiger partial charge in [-0.05, 0) is 26.0 Å². The van der Waals surface area contributed by atoms with Crippen molar-refractivity contribution in [3.05, 3.63) is 69.5 Å². The Balaban J connectivity index is 1.66. The van der Waals surface area contributed by atoms with Gasteiger partial charge in [-0.15, -0.1) is 0 Å². The fourth-order valence-corrected chi connectivity index (χ4v) is 2.84. The molecule has 0 saturated heterocycles. The van der Waals surface area contributed by atoms with Crippen LogP contribution in [0.2, 0.25) is 0 Å². The Bertz CT molecular complexity index is 1080. The summed E-state index contributed by atoms with van der Waals surface area (Å²) in [5.41, 5.74) is 1.62. The van der Waals surface area contributed by atoms with E-state index in [1.807, 2.05) is 20.0 Å². The summed E-state index contributed by atoms with van der Waals surface area (Å²) in [6, 6.07) is 4.46. The van der Waals surface area contributed by atoms with Crippen LogP contribution in [-0.4, -0.2) is 42.3 Å². The first kappa shape index (κ1) is 21.0. The van der Waals surface area contributed by atoms with Crippen LogP contribution >= 0.6 is 0 Å². The number of halogens is 1. The highest BCUT2D eigenvalue weighted by molar-refractivity contribution is 5.91. The van der Waals surface area contributed by atoms with E-state index in [0.717, 1.165) is 36.0 Å². The van der Waals surface area contributed by atoms with Gasteiger partial charge in [-0.2, -0.15) is 10.2 Å². The summed E-state index contributed by atoms with van der Waals surface area (Å²) in [6.45, 7) is 4.77. The van der Waals surface area contributed by atoms with Crippen LogP contribution < -0.4 is 4.74 Å². The highest BCUT2D eigenvalue weighted by atomic mass is 19.1. The minimum absolute atomic E-state index is 0.190. The van der Waals surface area contributed by atoms with Gasteiger partial charge in [0.05, 0.1) is 10.6 Å². The quantitative estimate of drug-likeness (QED) is 0.413.